The molecule has 0 radical (unpaired) electrons. The first-order valence-electron chi connectivity index (χ1n) is 6.33. The van der Waals surface area contributed by atoms with Crippen molar-refractivity contribution in [1.82, 2.24) is 5.32 Å². The fraction of sp³-hybridized carbons (Fsp3) is 0.429. The van der Waals surface area contributed by atoms with E-state index in [-0.39, 0.29) is 18.6 Å². The Labute approximate surface area is 127 Å². The van der Waals surface area contributed by atoms with Crippen LogP contribution >= 0.6 is 15.9 Å². The van der Waals surface area contributed by atoms with Crippen molar-refractivity contribution in [3.05, 3.63) is 28.2 Å². The summed E-state index contributed by atoms with van der Waals surface area (Å²) in [4.78, 5) is 23.5. The van der Waals surface area contributed by atoms with Crippen LogP contribution in [0.3, 0.4) is 0 Å². The summed E-state index contributed by atoms with van der Waals surface area (Å²) < 4.78 is 5.44. The van der Waals surface area contributed by atoms with Crippen LogP contribution in [0.4, 0.5) is 5.69 Å². The Kier molecular flexibility index (Phi) is 6.01. The number of ether oxygens (including phenoxy) is 1. The van der Waals surface area contributed by atoms with Crippen molar-refractivity contribution in [3.63, 3.8) is 0 Å². The molecule has 1 amide bonds. The maximum atomic E-state index is 11.9. The molecule has 0 aliphatic heterocycles. The maximum Gasteiger partial charge on any atom is 0.339 e. The lowest BCUT2D eigenvalue weighted by Gasteiger charge is -2.17. The highest BCUT2D eigenvalue weighted by atomic mass is 79.9. The van der Waals surface area contributed by atoms with Crippen molar-refractivity contribution in [2.45, 2.75) is 26.8 Å². The minimum atomic E-state index is -0.587. The van der Waals surface area contributed by atoms with Gasteiger partial charge in [0.1, 0.15) is 0 Å². The SMILES string of the molecule is CC(C)C(C)NC(=O)COC(=O)c1cccc(N)c1Br. The Bertz CT molecular complexity index is 503. The van der Waals surface area contributed by atoms with Crippen molar-refractivity contribution in [2.24, 2.45) is 5.92 Å². The van der Waals surface area contributed by atoms with Gasteiger partial charge >= 0.3 is 5.97 Å². The standard InChI is InChI=1S/C14H19BrN2O3/c1-8(2)9(3)17-12(18)7-20-14(19)10-5-4-6-11(16)13(10)15/h4-6,8-9H,7,16H2,1-3H3,(H,17,18). The van der Waals surface area contributed by atoms with E-state index in [9.17, 15) is 9.59 Å². The number of benzene rings is 1. The molecule has 5 nitrogen and oxygen atoms in total. The Morgan fingerprint density at radius 3 is 2.60 bits per heavy atom. The monoisotopic (exact) mass is 342 g/mol. The van der Waals surface area contributed by atoms with Gasteiger partial charge in [0, 0.05) is 11.7 Å². The van der Waals surface area contributed by atoms with Crippen molar-refractivity contribution in [1.29, 1.82) is 0 Å². The van der Waals surface area contributed by atoms with Crippen molar-refractivity contribution >= 4 is 33.5 Å². The molecule has 1 aromatic rings. The highest BCUT2D eigenvalue weighted by molar-refractivity contribution is 9.10. The number of anilines is 1. The zero-order valence-electron chi connectivity index (χ0n) is 11.8. The van der Waals surface area contributed by atoms with Gasteiger partial charge in [0.2, 0.25) is 0 Å². The molecule has 1 unspecified atom stereocenters. The highest BCUT2D eigenvalue weighted by Crippen LogP contribution is 2.24. The molecule has 0 saturated carbocycles. The first-order chi connectivity index (χ1) is 9.32. The highest BCUT2D eigenvalue weighted by Gasteiger charge is 2.16. The molecule has 1 atom stereocenters. The lowest BCUT2D eigenvalue weighted by molar-refractivity contribution is -0.125. The molecule has 20 heavy (non-hydrogen) atoms. The Balaban J connectivity index is 2.55. The summed E-state index contributed by atoms with van der Waals surface area (Å²) in [7, 11) is 0. The van der Waals surface area contributed by atoms with Crippen LogP contribution in [0.25, 0.3) is 0 Å². The summed E-state index contributed by atoms with van der Waals surface area (Å²) in [5.41, 5.74) is 6.42. The summed E-state index contributed by atoms with van der Waals surface area (Å²) >= 11 is 3.22. The van der Waals surface area contributed by atoms with E-state index in [1.807, 2.05) is 20.8 Å². The number of nitrogen functional groups attached to an aromatic ring is 1. The number of carbonyl (C=O) groups is 2. The van der Waals surface area contributed by atoms with Gasteiger partial charge < -0.3 is 15.8 Å². The van der Waals surface area contributed by atoms with Gasteiger partial charge in [-0.05, 0) is 40.9 Å². The third-order valence-electron chi connectivity index (χ3n) is 2.97. The number of halogens is 1. The van der Waals surface area contributed by atoms with Gasteiger partial charge in [-0.15, -0.1) is 0 Å². The van der Waals surface area contributed by atoms with Gasteiger partial charge in [0.15, 0.2) is 6.61 Å². The summed E-state index contributed by atoms with van der Waals surface area (Å²) in [6, 6.07) is 4.92. The summed E-state index contributed by atoms with van der Waals surface area (Å²) in [6.45, 7) is 5.59. The molecule has 1 rings (SSSR count). The predicted octanol–water partition coefficient (Wildman–Crippen LogP) is 2.35. The Morgan fingerprint density at radius 2 is 2.00 bits per heavy atom. The van der Waals surface area contributed by atoms with E-state index in [0.717, 1.165) is 0 Å². The average molecular weight is 343 g/mol. The van der Waals surface area contributed by atoms with E-state index in [1.54, 1.807) is 18.2 Å². The molecule has 0 heterocycles. The lowest BCUT2D eigenvalue weighted by Crippen LogP contribution is -2.38. The molecule has 0 saturated heterocycles. The van der Waals surface area contributed by atoms with Crippen LogP contribution < -0.4 is 11.1 Å². The van der Waals surface area contributed by atoms with Crippen molar-refractivity contribution in [3.8, 4) is 0 Å². The van der Waals surface area contributed by atoms with Gasteiger partial charge in [0.05, 0.1) is 10.0 Å². The van der Waals surface area contributed by atoms with Crippen molar-refractivity contribution in [2.75, 3.05) is 12.3 Å². The topological polar surface area (TPSA) is 81.4 Å². The molecule has 3 N–H and O–H groups in total. The Morgan fingerprint density at radius 1 is 1.35 bits per heavy atom. The molecule has 110 valence electrons. The zero-order chi connectivity index (χ0) is 15.3. The number of esters is 1. The predicted molar refractivity (Wildman–Crippen MR) is 81.3 cm³/mol. The number of nitrogens with one attached hydrogen (secondary N) is 1. The third-order valence-corrected chi connectivity index (χ3v) is 3.86. The Hall–Kier alpha value is -1.56. The quantitative estimate of drug-likeness (QED) is 0.635. The second-order valence-electron chi connectivity index (χ2n) is 4.89. The minimum Gasteiger partial charge on any atom is -0.452 e. The van der Waals surface area contributed by atoms with Crippen molar-refractivity contribution < 1.29 is 14.3 Å². The van der Waals surface area contributed by atoms with E-state index in [1.165, 1.54) is 0 Å². The zero-order valence-corrected chi connectivity index (χ0v) is 13.4. The van der Waals surface area contributed by atoms with Crippen LogP contribution in [0.1, 0.15) is 31.1 Å². The maximum absolute atomic E-state index is 11.9. The summed E-state index contributed by atoms with van der Waals surface area (Å²) in [5.74, 6) is -0.589. The second-order valence-corrected chi connectivity index (χ2v) is 5.68. The smallest absolute Gasteiger partial charge is 0.339 e. The molecule has 0 bridgehead atoms. The van der Waals surface area contributed by atoms with Crippen LogP contribution in [0.5, 0.6) is 0 Å². The van der Waals surface area contributed by atoms with E-state index in [2.05, 4.69) is 21.2 Å². The van der Waals surface area contributed by atoms with Gasteiger partial charge in [-0.25, -0.2) is 4.79 Å². The minimum absolute atomic E-state index is 0.0281. The fourth-order valence-electron chi connectivity index (χ4n) is 1.38. The van der Waals surface area contributed by atoms with E-state index in [0.29, 0.717) is 21.6 Å². The average Bonchev–Trinajstić information content (AvgIpc) is 2.39. The lowest BCUT2D eigenvalue weighted by atomic mass is 10.1. The number of nitrogens with two attached hydrogens (primary N) is 1. The molecule has 0 fully saturated rings. The first-order valence-corrected chi connectivity index (χ1v) is 7.12. The molecule has 1 aromatic carbocycles. The van der Waals surface area contributed by atoms with Crippen LogP contribution in [0, 0.1) is 5.92 Å². The molecular weight excluding hydrogens is 324 g/mol. The van der Waals surface area contributed by atoms with Gasteiger partial charge in [-0.3, -0.25) is 4.79 Å². The van der Waals surface area contributed by atoms with Crippen LogP contribution in [-0.2, 0) is 9.53 Å². The molecule has 0 aliphatic carbocycles. The molecule has 0 aliphatic rings. The molecule has 0 spiro atoms. The van der Waals surface area contributed by atoms with Crippen LogP contribution in [0.15, 0.2) is 22.7 Å². The third kappa shape index (κ3) is 4.52. The van der Waals surface area contributed by atoms with Gasteiger partial charge in [-0.2, -0.15) is 0 Å². The van der Waals surface area contributed by atoms with E-state index in [4.69, 9.17) is 10.5 Å². The van der Waals surface area contributed by atoms with E-state index >= 15 is 0 Å². The normalized spacial score (nSPS) is 12.1. The second kappa shape index (κ2) is 7.28. The number of carbonyl (C=O) groups excluding carboxylic acids is 2. The molecule has 0 aromatic heterocycles. The van der Waals surface area contributed by atoms with Crippen LogP contribution in [0.2, 0.25) is 0 Å². The molecular formula is C14H19BrN2O3. The van der Waals surface area contributed by atoms with E-state index < -0.39 is 5.97 Å². The summed E-state index contributed by atoms with van der Waals surface area (Å²) in [6.07, 6.45) is 0. The molecule has 6 heteroatoms. The number of hydrogen-bond donors (Lipinski definition) is 2. The number of hydrogen-bond acceptors (Lipinski definition) is 4. The van der Waals surface area contributed by atoms with Gasteiger partial charge in [0.25, 0.3) is 5.91 Å². The summed E-state index contributed by atoms with van der Waals surface area (Å²) in [5, 5.41) is 2.76. The number of amides is 1. The van der Waals surface area contributed by atoms with Crippen LogP contribution in [-0.4, -0.2) is 24.5 Å². The first kappa shape index (κ1) is 16.5. The number of rotatable bonds is 5. The largest absolute Gasteiger partial charge is 0.452 e. The fourth-order valence-corrected chi connectivity index (χ4v) is 1.80. The van der Waals surface area contributed by atoms with Gasteiger partial charge in [-0.1, -0.05) is 19.9 Å².